The summed E-state index contributed by atoms with van der Waals surface area (Å²) < 4.78 is 33.5. The van der Waals surface area contributed by atoms with E-state index >= 15 is 0 Å². The summed E-state index contributed by atoms with van der Waals surface area (Å²) in [4.78, 5) is 26.9. The van der Waals surface area contributed by atoms with E-state index in [2.05, 4.69) is 5.32 Å². The van der Waals surface area contributed by atoms with Crippen molar-refractivity contribution in [3.05, 3.63) is 52.9 Å². The molecule has 1 heterocycles. The molecule has 1 fully saturated rings. The lowest BCUT2D eigenvalue weighted by molar-refractivity contribution is -0.122. The fourth-order valence-electron chi connectivity index (χ4n) is 3.14. The van der Waals surface area contributed by atoms with Gasteiger partial charge in [-0.25, -0.2) is 13.6 Å². The summed E-state index contributed by atoms with van der Waals surface area (Å²) in [6, 6.07) is 10.9. The molecule has 1 aliphatic rings. The van der Waals surface area contributed by atoms with Crippen LogP contribution in [0, 0.1) is 0 Å². The minimum absolute atomic E-state index is 0.0407. The van der Waals surface area contributed by atoms with Gasteiger partial charge in [0, 0.05) is 18.7 Å². The van der Waals surface area contributed by atoms with Crippen LogP contribution in [0.2, 0.25) is 0 Å². The largest absolute Gasteiger partial charge is 0.493 e. The molecule has 9 nitrogen and oxygen atoms in total. The highest BCUT2D eigenvalue weighted by Gasteiger charge is 2.31. The van der Waals surface area contributed by atoms with Crippen LogP contribution in [0.25, 0.3) is 6.08 Å². The van der Waals surface area contributed by atoms with Gasteiger partial charge in [0.1, 0.15) is 4.32 Å². The molecule has 0 unspecified atom stereocenters. The Labute approximate surface area is 207 Å². The van der Waals surface area contributed by atoms with Gasteiger partial charge >= 0.3 is 0 Å². The van der Waals surface area contributed by atoms with Crippen molar-refractivity contribution in [3.8, 4) is 11.5 Å². The molecule has 0 atom stereocenters. The van der Waals surface area contributed by atoms with E-state index in [1.807, 2.05) is 6.07 Å². The zero-order chi connectivity index (χ0) is 24.9. The number of methoxy groups -OCH3 is 2. The molecule has 1 aliphatic heterocycles. The Hall–Kier alpha value is -2.93. The average Bonchev–Trinajstić information content (AvgIpc) is 3.06. The number of benzene rings is 2. The van der Waals surface area contributed by atoms with Gasteiger partial charge in [-0.1, -0.05) is 30.0 Å². The van der Waals surface area contributed by atoms with Gasteiger partial charge in [0.2, 0.25) is 15.9 Å². The van der Waals surface area contributed by atoms with Gasteiger partial charge in [-0.2, -0.15) is 0 Å². The molecule has 2 aromatic carbocycles. The summed E-state index contributed by atoms with van der Waals surface area (Å²) in [6.07, 6.45) is 2.29. The maximum Gasteiger partial charge on any atom is 0.266 e. The number of rotatable bonds is 9. The first-order chi connectivity index (χ1) is 16.1. The van der Waals surface area contributed by atoms with Gasteiger partial charge in [-0.05, 0) is 54.5 Å². The van der Waals surface area contributed by atoms with Gasteiger partial charge in [-0.15, -0.1) is 0 Å². The van der Waals surface area contributed by atoms with Crippen LogP contribution in [-0.2, 0) is 19.6 Å². The molecule has 12 heteroatoms. The van der Waals surface area contributed by atoms with E-state index < -0.39 is 10.0 Å². The van der Waals surface area contributed by atoms with Crippen molar-refractivity contribution in [1.29, 1.82) is 0 Å². The topological polar surface area (TPSA) is 128 Å². The molecule has 0 aromatic heterocycles. The van der Waals surface area contributed by atoms with Crippen LogP contribution in [0.5, 0.6) is 11.5 Å². The number of hydrogen-bond acceptors (Lipinski definition) is 8. The van der Waals surface area contributed by atoms with E-state index in [0.717, 1.165) is 5.56 Å². The summed E-state index contributed by atoms with van der Waals surface area (Å²) in [5.74, 6) is 0.654. The van der Waals surface area contributed by atoms with E-state index in [-0.39, 0.29) is 23.1 Å². The number of amides is 2. The van der Waals surface area contributed by atoms with Crippen molar-refractivity contribution in [3.63, 3.8) is 0 Å². The zero-order valence-corrected chi connectivity index (χ0v) is 20.9. The van der Waals surface area contributed by atoms with E-state index in [4.69, 9.17) is 26.8 Å². The highest BCUT2D eigenvalue weighted by molar-refractivity contribution is 8.26. The lowest BCUT2D eigenvalue weighted by atomic mass is 10.2. The van der Waals surface area contributed by atoms with Crippen LogP contribution >= 0.6 is 24.0 Å². The van der Waals surface area contributed by atoms with E-state index in [1.54, 1.807) is 25.3 Å². The molecule has 0 spiro atoms. The van der Waals surface area contributed by atoms with Crippen LogP contribution in [0.15, 0.2) is 52.3 Å². The predicted octanol–water partition coefficient (Wildman–Crippen LogP) is 2.97. The summed E-state index contributed by atoms with van der Waals surface area (Å²) in [6.45, 7) is 0.297. The molecule has 34 heavy (non-hydrogen) atoms. The number of ether oxygens (including phenoxy) is 2. The second-order valence-corrected chi connectivity index (χ2v) is 10.4. The minimum Gasteiger partial charge on any atom is -0.493 e. The monoisotopic (exact) mass is 521 g/mol. The Kier molecular flexibility index (Phi) is 8.31. The molecule has 0 saturated carbocycles. The fourth-order valence-corrected chi connectivity index (χ4v) is 4.96. The average molecular weight is 522 g/mol. The van der Waals surface area contributed by atoms with E-state index in [0.29, 0.717) is 39.4 Å². The third-order valence-corrected chi connectivity index (χ3v) is 7.14. The predicted molar refractivity (Wildman–Crippen MR) is 135 cm³/mol. The molecule has 0 aliphatic carbocycles. The third kappa shape index (κ3) is 6.35. The van der Waals surface area contributed by atoms with Crippen molar-refractivity contribution in [2.75, 3.05) is 26.1 Å². The molecule has 180 valence electrons. The van der Waals surface area contributed by atoms with Crippen LogP contribution in [0.4, 0.5) is 5.69 Å². The first-order valence-electron chi connectivity index (χ1n) is 10.0. The molecular formula is C22H23N3O6S3. The third-order valence-electron chi connectivity index (χ3n) is 4.83. The Bertz CT molecular complexity index is 1240. The van der Waals surface area contributed by atoms with E-state index in [1.165, 1.54) is 48.0 Å². The SMILES string of the molecule is COc1ccc(/C=C2\SC(=S)N(CCCC(=O)Nc3ccc(S(N)(=O)=O)cc3)C2=O)cc1OC. The fraction of sp³-hybridized carbons (Fsp3) is 0.227. The van der Waals surface area contributed by atoms with Crippen molar-refractivity contribution < 1.29 is 27.5 Å². The van der Waals surface area contributed by atoms with Crippen molar-refractivity contribution >= 4 is 61.9 Å². The van der Waals surface area contributed by atoms with Crippen molar-refractivity contribution in [2.24, 2.45) is 5.14 Å². The van der Waals surface area contributed by atoms with Gasteiger partial charge in [0.25, 0.3) is 5.91 Å². The van der Waals surface area contributed by atoms with Crippen LogP contribution in [0.1, 0.15) is 18.4 Å². The molecule has 3 rings (SSSR count). The Morgan fingerprint density at radius 2 is 1.82 bits per heavy atom. The van der Waals surface area contributed by atoms with Crippen molar-refractivity contribution in [2.45, 2.75) is 17.7 Å². The Morgan fingerprint density at radius 3 is 2.44 bits per heavy atom. The number of hydrogen-bond donors (Lipinski definition) is 2. The molecule has 1 saturated heterocycles. The maximum absolute atomic E-state index is 12.8. The molecular weight excluding hydrogens is 498 g/mol. The smallest absolute Gasteiger partial charge is 0.266 e. The van der Waals surface area contributed by atoms with Crippen molar-refractivity contribution in [1.82, 2.24) is 4.90 Å². The normalized spacial score (nSPS) is 15.0. The summed E-state index contributed by atoms with van der Waals surface area (Å²) in [5.41, 5.74) is 1.21. The number of nitrogens with two attached hydrogens (primary N) is 1. The van der Waals surface area contributed by atoms with Crippen LogP contribution in [0.3, 0.4) is 0 Å². The maximum atomic E-state index is 12.8. The zero-order valence-electron chi connectivity index (χ0n) is 18.4. The number of carbonyl (C=O) groups is 2. The number of carbonyl (C=O) groups excluding carboxylic acids is 2. The minimum atomic E-state index is -3.79. The molecule has 0 radical (unpaired) electrons. The lowest BCUT2D eigenvalue weighted by Crippen LogP contribution is -2.29. The highest BCUT2D eigenvalue weighted by Crippen LogP contribution is 2.34. The van der Waals surface area contributed by atoms with Crippen LogP contribution < -0.4 is 19.9 Å². The number of nitrogens with one attached hydrogen (secondary N) is 1. The summed E-state index contributed by atoms with van der Waals surface area (Å²) >= 11 is 6.55. The summed E-state index contributed by atoms with van der Waals surface area (Å²) in [7, 11) is -0.707. The van der Waals surface area contributed by atoms with Crippen LogP contribution in [-0.4, -0.2) is 50.2 Å². The highest BCUT2D eigenvalue weighted by atomic mass is 32.2. The van der Waals surface area contributed by atoms with Gasteiger partial charge in [0.05, 0.1) is 24.0 Å². The summed E-state index contributed by atoms with van der Waals surface area (Å²) in [5, 5.41) is 7.74. The number of anilines is 1. The molecule has 3 N–H and O–H groups in total. The standard InChI is InChI=1S/C22H23N3O6S3/c1-30-17-10-5-14(12-18(17)31-2)13-19-21(27)25(22(32)33-19)11-3-4-20(26)24-15-6-8-16(9-7-15)34(23,28)29/h5-10,12-13H,3-4,11H2,1-2H3,(H,24,26)(H2,23,28,29)/b19-13-. The number of sulfonamides is 1. The second-order valence-electron chi connectivity index (χ2n) is 7.17. The first kappa shape index (κ1) is 25.7. The van der Waals surface area contributed by atoms with E-state index in [9.17, 15) is 18.0 Å². The quantitative estimate of drug-likeness (QED) is 0.381. The number of thioether (sulfide) groups is 1. The number of nitrogens with zero attached hydrogens (tertiary/aromatic N) is 1. The van der Waals surface area contributed by atoms with Gasteiger partial charge < -0.3 is 14.8 Å². The molecule has 0 bridgehead atoms. The Morgan fingerprint density at radius 1 is 1.15 bits per heavy atom. The van der Waals surface area contributed by atoms with Gasteiger partial charge in [0.15, 0.2) is 11.5 Å². The number of primary sulfonamides is 1. The molecule has 2 amide bonds. The first-order valence-corrected chi connectivity index (χ1v) is 12.8. The second kappa shape index (κ2) is 11.0. The van der Waals surface area contributed by atoms with Gasteiger partial charge in [-0.3, -0.25) is 14.5 Å². The Balaban J connectivity index is 1.55. The molecule has 2 aromatic rings. The number of thiocarbonyl (C=S) groups is 1. The lowest BCUT2D eigenvalue weighted by Gasteiger charge is -2.14.